The number of rotatable bonds is 7. The molecule has 0 saturated carbocycles. The molecule has 5 nitrogen and oxygen atoms in total. The zero-order valence-corrected chi connectivity index (χ0v) is 16.7. The molecule has 0 radical (unpaired) electrons. The molecule has 7 heteroatoms. The summed E-state index contributed by atoms with van der Waals surface area (Å²) in [4.78, 5) is 23.7. The lowest BCUT2D eigenvalue weighted by molar-refractivity contribution is -0.136. The molecule has 0 spiro atoms. The Labute approximate surface area is 165 Å². The highest BCUT2D eigenvalue weighted by molar-refractivity contribution is 9.10. The summed E-state index contributed by atoms with van der Waals surface area (Å²) >= 11 is 9.15. The summed E-state index contributed by atoms with van der Waals surface area (Å²) in [7, 11) is 0. The first-order chi connectivity index (χ1) is 12.3. The molecular weight excluding hydrogens is 424 g/mol. The molecule has 2 aromatic rings. The molecule has 0 N–H and O–H groups in total. The highest BCUT2D eigenvalue weighted by atomic mass is 79.9. The average Bonchev–Trinajstić information content (AvgIpc) is 2.59. The predicted molar refractivity (Wildman–Crippen MR) is 102 cm³/mol. The summed E-state index contributed by atoms with van der Waals surface area (Å²) in [6, 6.07) is 11.1. The third kappa shape index (κ3) is 6.35. The Hall–Kier alpha value is -2.05. The summed E-state index contributed by atoms with van der Waals surface area (Å²) in [6.45, 7) is 4.01. The van der Waals surface area contributed by atoms with Crippen LogP contribution in [0.1, 0.15) is 24.2 Å². The number of carbonyl (C=O) groups excluding carboxylic acids is 2. The smallest absolute Gasteiger partial charge is 0.349 e. The van der Waals surface area contributed by atoms with Gasteiger partial charge in [0.1, 0.15) is 11.5 Å². The number of ether oxygens (including phenoxy) is 3. The van der Waals surface area contributed by atoms with Crippen LogP contribution >= 0.6 is 27.5 Å². The van der Waals surface area contributed by atoms with Gasteiger partial charge in [-0.2, -0.15) is 0 Å². The molecule has 0 amide bonds. The SMILES string of the molecule is CC(C)COC(=O)c1ccc(OC(=O)COc2ccc(Cl)cc2Br)cc1. The molecule has 0 aromatic heterocycles. The number of halogens is 2. The molecule has 26 heavy (non-hydrogen) atoms. The molecule has 0 atom stereocenters. The van der Waals surface area contributed by atoms with E-state index in [2.05, 4.69) is 15.9 Å². The van der Waals surface area contributed by atoms with Crippen LogP contribution in [-0.2, 0) is 9.53 Å². The molecule has 2 aromatic carbocycles. The summed E-state index contributed by atoms with van der Waals surface area (Å²) in [5, 5.41) is 0.554. The van der Waals surface area contributed by atoms with E-state index in [0.717, 1.165) is 0 Å². The van der Waals surface area contributed by atoms with E-state index in [9.17, 15) is 9.59 Å². The van der Waals surface area contributed by atoms with Gasteiger partial charge in [-0.15, -0.1) is 0 Å². The van der Waals surface area contributed by atoms with Gasteiger partial charge < -0.3 is 14.2 Å². The van der Waals surface area contributed by atoms with Crippen LogP contribution in [0.5, 0.6) is 11.5 Å². The van der Waals surface area contributed by atoms with Gasteiger partial charge in [0.25, 0.3) is 0 Å². The molecule has 0 aliphatic carbocycles. The highest BCUT2D eigenvalue weighted by Crippen LogP contribution is 2.28. The third-order valence-corrected chi connectivity index (χ3v) is 3.96. The van der Waals surface area contributed by atoms with Gasteiger partial charge in [0, 0.05) is 5.02 Å². The lowest BCUT2D eigenvalue weighted by atomic mass is 10.2. The fourth-order valence-corrected chi connectivity index (χ4v) is 2.67. The van der Waals surface area contributed by atoms with E-state index in [4.69, 9.17) is 25.8 Å². The maximum absolute atomic E-state index is 11.9. The Morgan fingerprint density at radius 1 is 1.12 bits per heavy atom. The number of carbonyl (C=O) groups is 2. The lowest BCUT2D eigenvalue weighted by Crippen LogP contribution is -2.18. The van der Waals surface area contributed by atoms with Gasteiger partial charge in [-0.3, -0.25) is 0 Å². The Morgan fingerprint density at radius 2 is 1.81 bits per heavy atom. The van der Waals surface area contributed by atoms with E-state index in [1.807, 2.05) is 13.8 Å². The minimum Gasteiger partial charge on any atom is -0.481 e. The summed E-state index contributed by atoms with van der Waals surface area (Å²) in [6.07, 6.45) is 0. The second-order valence-corrected chi connectivity index (χ2v) is 7.14. The van der Waals surface area contributed by atoms with E-state index in [-0.39, 0.29) is 12.5 Å². The van der Waals surface area contributed by atoms with Crippen molar-refractivity contribution in [3.8, 4) is 11.5 Å². The molecule has 2 rings (SSSR count). The Balaban J connectivity index is 1.86. The Morgan fingerprint density at radius 3 is 2.42 bits per heavy atom. The molecule has 0 aliphatic rings. The van der Waals surface area contributed by atoms with Crippen molar-refractivity contribution >= 4 is 39.5 Å². The molecule has 0 aliphatic heterocycles. The second-order valence-electron chi connectivity index (χ2n) is 5.85. The van der Waals surface area contributed by atoms with Gasteiger partial charge in [-0.05, 0) is 64.3 Å². The van der Waals surface area contributed by atoms with Crippen molar-refractivity contribution in [1.29, 1.82) is 0 Å². The summed E-state index contributed by atoms with van der Waals surface area (Å²) in [5.41, 5.74) is 0.395. The Bertz CT molecular complexity index is 774. The van der Waals surface area contributed by atoms with Crippen LogP contribution in [0.2, 0.25) is 5.02 Å². The second kappa shape index (κ2) is 9.59. The average molecular weight is 442 g/mol. The standard InChI is InChI=1S/C19H18BrClO5/c1-12(2)10-25-19(23)13-3-6-15(7-4-13)26-18(22)11-24-17-8-5-14(21)9-16(17)20/h3-9,12H,10-11H2,1-2H3. The molecule has 0 heterocycles. The fraction of sp³-hybridized carbons (Fsp3) is 0.263. The van der Waals surface area contributed by atoms with Crippen molar-refractivity contribution in [2.75, 3.05) is 13.2 Å². The topological polar surface area (TPSA) is 61.8 Å². The molecule has 0 fully saturated rings. The van der Waals surface area contributed by atoms with Crippen molar-refractivity contribution in [3.05, 3.63) is 57.5 Å². The van der Waals surface area contributed by atoms with E-state index < -0.39 is 11.9 Å². The molecular formula is C19H18BrClO5. The van der Waals surface area contributed by atoms with Gasteiger partial charge in [0.05, 0.1) is 16.6 Å². The maximum Gasteiger partial charge on any atom is 0.349 e. The minimum atomic E-state index is -0.568. The van der Waals surface area contributed by atoms with Crippen LogP contribution in [0.25, 0.3) is 0 Å². The quantitative estimate of drug-likeness (QED) is 0.452. The maximum atomic E-state index is 11.9. The molecule has 0 saturated heterocycles. The summed E-state index contributed by atoms with van der Waals surface area (Å²) < 4.78 is 16.3. The Kier molecular flexibility index (Phi) is 7.48. The van der Waals surface area contributed by atoms with Gasteiger partial charge >= 0.3 is 11.9 Å². The minimum absolute atomic E-state index is 0.264. The molecule has 0 unspecified atom stereocenters. The van der Waals surface area contributed by atoms with Crippen molar-refractivity contribution in [1.82, 2.24) is 0 Å². The lowest BCUT2D eigenvalue weighted by Gasteiger charge is -2.09. The highest BCUT2D eigenvalue weighted by Gasteiger charge is 2.11. The van der Waals surface area contributed by atoms with Gasteiger partial charge in [-0.25, -0.2) is 9.59 Å². The first-order valence-corrected chi connectivity index (χ1v) is 9.08. The number of hydrogen-bond acceptors (Lipinski definition) is 5. The van der Waals surface area contributed by atoms with Crippen LogP contribution in [0.3, 0.4) is 0 Å². The van der Waals surface area contributed by atoms with Crippen molar-refractivity contribution in [2.45, 2.75) is 13.8 Å². The van der Waals surface area contributed by atoms with E-state index in [1.165, 1.54) is 12.1 Å². The fourth-order valence-electron chi connectivity index (χ4n) is 1.87. The normalized spacial score (nSPS) is 10.5. The van der Waals surface area contributed by atoms with Crippen LogP contribution in [0.15, 0.2) is 46.9 Å². The molecule has 138 valence electrons. The van der Waals surface area contributed by atoms with Crippen LogP contribution < -0.4 is 9.47 Å². The van der Waals surface area contributed by atoms with Crippen LogP contribution in [0.4, 0.5) is 0 Å². The zero-order chi connectivity index (χ0) is 19.1. The predicted octanol–water partition coefficient (Wildman–Crippen LogP) is 4.90. The number of esters is 2. The first-order valence-electron chi connectivity index (χ1n) is 7.91. The van der Waals surface area contributed by atoms with Crippen molar-refractivity contribution in [3.63, 3.8) is 0 Å². The van der Waals surface area contributed by atoms with Crippen molar-refractivity contribution < 1.29 is 23.8 Å². The first kappa shape index (κ1) is 20.3. The number of hydrogen-bond donors (Lipinski definition) is 0. The van der Waals surface area contributed by atoms with E-state index in [1.54, 1.807) is 30.3 Å². The monoisotopic (exact) mass is 440 g/mol. The van der Waals surface area contributed by atoms with Crippen molar-refractivity contribution in [2.24, 2.45) is 5.92 Å². The van der Waals surface area contributed by atoms with Gasteiger partial charge in [0.2, 0.25) is 0 Å². The van der Waals surface area contributed by atoms with E-state index in [0.29, 0.717) is 33.2 Å². The largest absolute Gasteiger partial charge is 0.481 e. The zero-order valence-electron chi connectivity index (χ0n) is 14.3. The van der Waals surface area contributed by atoms with Gasteiger partial charge in [0.15, 0.2) is 6.61 Å². The van der Waals surface area contributed by atoms with Gasteiger partial charge in [-0.1, -0.05) is 25.4 Å². The van der Waals surface area contributed by atoms with Crippen LogP contribution in [0, 0.1) is 5.92 Å². The third-order valence-electron chi connectivity index (χ3n) is 3.11. The summed E-state index contributed by atoms with van der Waals surface area (Å²) in [5.74, 6) is 0.0816. The number of benzene rings is 2. The molecule has 0 bridgehead atoms. The van der Waals surface area contributed by atoms with Crippen LogP contribution in [-0.4, -0.2) is 25.2 Å². The van der Waals surface area contributed by atoms with E-state index >= 15 is 0 Å².